The van der Waals surface area contributed by atoms with E-state index in [1.54, 1.807) is 4.90 Å². The lowest BCUT2D eigenvalue weighted by Crippen LogP contribution is -2.52. The Kier molecular flexibility index (Phi) is 6.72. The normalized spacial score (nSPS) is 29.1. The molecule has 2 heterocycles. The summed E-state index contributed by atoms with van der Waals surface area (Å²) in [5.41, 5.74) is 1.83. The molecule has 8 heteroatoms. The standard InChI is InChI=1S/C29H39FN4O3/c30-29(14-2-15-29)18-31-20-7-9-21(10-8-20)33(16-13-19-5-6-19)24-4-1-3-22-23(24)17-34(28(22)37)25-11-12-26(35)32-27(25)36/h1,3-4,19-21,25,31H,2,5-18H2,(H,32,35,36). The number of hydrogen-bond acceptors (Lipinski definition) is 5. The topological polar surface area (TPSA) is 81.8 Å². The smallest absolute Gasteiger partial charge is 0.255 e. The third-order valence-corrected chi connectivity index (χ3v) is 9.44. The molecule has 200 valence electrons. The molecule has 3 saturated carbocycles. The van der Waals surface area contributed by atoms with Gasteiger partial charge in [-0.1, -0.05) is 18.9 Å². The number of halogens is 1. The predicted molar refractivity (Wildman–Crippen MR) is 139 cm³/mol. The number of nitrogens with zero attached hydrogens (tertiary/aromatic N) is 2. The maximum atomic E-state index is 14.5. The van der Waals surface area contributed by atoms with Crippen LogP contribution in [0.5, 0.6) is 0 Å². The minimum Gasteiger partial charge on any atom is -0.368 e. The number of carbonyl (C=O) groups is 3. The van der Waals surface area contributed by atoms with E-state index < -0.39 is 11.7 Å². The Morgan fingerprint density at radius 2 is 1.84 bits per heavy atom. The van der Waals surface area contributed by atoms with Gasteiger partial charge in [0.25, 0.3) is 5.91 Å². The van der Waals surface area contributed by atoms with Gasteiger partial charge in [0.05, 0.1) is 0 Å². The van der Waals surface area contributed by atoms with Crippen LogP contribution >= 0.6 is 0 Å². The average Bonchev–Trinajstić information content (AvgIpc) is 3.65. The average molecular weight is 511 g/mol. The summed E-state index contributed by atoms with van der Waals surface area (Å²) < 4.78 is 14.5. The minimum absolute atomic E-state index is 0.113. The van der Waals surface area contributed by atoms with Crippen LogP contribution in [0, 0.1) is 5.92 Å². The number of carbonyl (C=O) groups excluding carboxylic acids is 3. The SMILES string of the molecule is O=C1CCC(N2Cc3c(cccc3N(CCC3CC3)C3CCC(NCC4(F)CCC4)CC3)C2=O)C(=O)N1. The Hall–Kier alpha value is -2.48. The molecule has 0 bridgehead atoms. The van der Waals surface area contributed by atoms with Gasteiger partial charge in [-0.3, -0.25) is 19.7 Å². The van der Waals surface area contributed by atoms with Gasteiger partial charge in [0.1, 0.15) is 11.7 Å². The number of amides is 3. The number of benzene rings is 1. The molecule has 0 aromatic heterocycles. The van der Waals surface area contributed by atoms with Crippen LogP contribution in [0.15, 0.2) is 18.2 Å². The zero-order valence-corrected chi connectivity index (χ0v) is 21.6. The zero-order valence-electron chi connectivity index (χ0n) is 21.6. The first-order chi connectivity index (χ1) is 17.9. The lowest BCUT2D eigenvalue weighted by molar-refractivity contribution is -0.136. The molecular formula is C29H39FN4O3. The molecule has 1 unspecified atom stereocenters. The van der Waals surface area contributed by atoms with Crippen LogP contribution in [0.1, 0.15) is 93.0 Å². The quantitative estimate of drug-likeness (QED) is 0.494. The van der Waals surface area contributed by atoms with E-state index in [0.717, 1.165) is 62.2 Å². The van der Waals surface area contributed by atoms with Gasteiger partial charge >= 0.3 is 0 Å². The van der Waals surface area contributed by atoms with Crippen molar-refractivity contribution in [2.45, 2.75) is 107 Å². The Morgan fingerprint density at radius 3 is 2.51 bits per heavy atom. The highest BCUT2D eigenvalue weighted by Gasteiger charge is 2.41. The lowest BCUT2D eigenvalue weighted by atomic mass is 9.81. The second-order valence-corrected chi connectivity index (χ2v) is 12.0. The van der Waals surface area contributed by atoms with E-state index in [1.807, 2.05) is 12.1 Å². The summed E-state index contributed by atoms with van der Waals surface area (Å²) in [6.07, 6.45) is 11.0. The van der Waals surface area contributed by atoms with Crippen LogP contribution in [0.25, 0.3) is 0 Å². The summed E-state index contributed by atoms with van der Waals surface area (Å²) in [7, 11) is 0. The first-order valence-corrected chi connectivity index (χ1v) is 14.4. The maximum Gasteiger partial charge on any atom is 0.255 e. The van der Waals surface area contributed by atoms with Crippen LogP contribution in [0.4, 0.5) is 10.1 Å². The summed E-state index contributed by atoms with van der Waals surface area (Å²) in [5.74, 6) is 0.0591. The van der Waals surface area contributed by atoms with Gasteiger partial charge in [0.2, 0.25) is 11.8 Å². The summed E-state index contributed by atoms with van der Waals surface area (Å²) >= 11 is 0. The number of anilines is 1. The van der Waals surface area contributed by atoms with Crippen molar-refractivity contribution < 1.29 is 18.8 Å². The monoisotopic (exact) mass is 510 g/mol. The molecule has 2 aliphatic heterocycles. The van der Waals surface area contributed by atoms with E-state index in [2.05, 4.69) is 21.6 Å². The number of piperidine rings is 1. The molecule has 2 N–H and O–H groups in total. The van der Waals surface area contributed by atoms with Crippen molar-refractivity contribution in [1.82, 2.24) is 15.5 Å². The fourth-order valence-corrected chi connectivity index (χ4v) is 6.72. The number of alkyl halides is 1. The van der Waals surface area contributed by atoms with Gasteiger partial charge in [-0.05, 0) is 75.8 Å². The fraction of sp³-hybridized carbons (Fsp3) is 0.690. The number of fused-ring (bicyclic) bond motifs is 1. The van der Waals surface area contributed by atoms with Gasteiger partial charge in [-0.2, -0.15) is 0 Å². The van der Waals surface area contributed by atoms with Crippen molar-refractivity contribution in [2.24, 2.45) is 5.92 Å². The Balaban J connectivity index is 1.17. The van der Waals surface area contributed by atoms with E-state index in [0.29, 0.717) is 50.0 Å². The molecule has 4 fully saturated rings. The van der Waals surface area contributed by atoms with Crippen LogP contribution in [0.3, 0.4) is 0 Å². The first-order valence-electron chi connectivity index (χ1n) is 14.4. The molecule has 1 saturated heterocycles. The van der Waals surface area contributed by atoms with Crippen LogP contribution in [-0.4, -0.2) is 59.5 Å². The fourth-order valence-electron chi connectivity index (χ4n) is 6.72. The highest BCUT2D eigenvalue weighted by molar-refractivity contribution is 6.06. The van der Waals surface area contributed by atoms with E-state index >= 15 is 0 Å². The van der Waals surface area contributed by atoms with Crippen molar-refractivity contribution in [2.75, 3.05) is 18.0 Å². The number of imide groups is 1. The van der Waals surface area contributed by atoms with Gasteiger partial charge < -0.3 is 15.1 Å². The van der Waals surface area contributed by atoms with E-state index in [1.165, 1.54) is 12.8 Å². The van der Waals surface area contributed by atoms with Crippen molar-refractivity contribution in [3.05, 3.63) is 29.3 Å². The summed E-state index contributed by atoms with van der Waals surface area (Å²) in [5, 5.41) is 5.92. The number of nitrogens with one attached hydrogen (secondary N) is 2. The van der Waals surface area contributed by atoms with Crippen molar-refractivity contribution in [3.63, 3.8) is 0 Å². The van der Waals surface area contributed by atoms with Gasteiger partial charge in [-0.25, -0.2) is 4.39 Å². The second-order valence-electron chi connectivity index (χ2n) is 12.0. The third-order valence-electron chi connectivity index (χ3n) is 9.44. The molecule has 1 atom stereocenters. The highest BCUT2D eigenvalue weighted by Crippen LogP contribution is 2.40. The van der Waals surface area contributed by atoms with Crippen LogP contribution in [0.2, 0.25) is 0 Å². The Labute approximate surface area is 218 Å². The van der Waals surface area contributed by atoms with Gasteiger partial charge in [-0.15, -0.1) is 0 Å². The van der Waals surface area contributed by atoms with E-state index in [4.69, 9.17) is 0 Å². The summed E-state index contributed by atoms with van der Waals surface area (Å²) in [4.78, 5) is 41.8. The molecule has 1 aromatic carbocycles. The van der Waals surface area contributed by atoms with E-state index in [-0.39, 0.29) is 24.1 Å². The summed E-state index contributed by atoms with van der Waals surface area (Å²) in [6, 6.07) is 6.16. The molecule has 3 amide bonds. The third kappa shape index (κ3) is 5.14. The zero-order chi connectivity index (χ0) is 25.6. The van der Waals surface area contributed by atoms with Crippen LogP contribution in [-0.2, 0) is 16.1 Å². The minimum atomic E-state index is -0.987. The van der Waals surface area contributed by atoms with Gasteiger partial charge in [0, 0.05) is 55.0 Å². The predicted octanol–water partition coefficient (Wildman–Crippen LogP) is 3.85. The highest BCUT2D eigenvalue weighted by atomic mass is 19.1. The number of hydrogen-bond donors (Lipinski definition) is 2. The van der Waals surface area contributed by atoms with E-state index in [9.17, 15) is 18.8 Å². The van der Waals surface area contributed by atoms with Crippen molar-refractivity contribution in [1.29, 1.82) is 0 Å². The molecule has 5 aliphatic rings. The molecule has 0 radical (unpaired) electrons. The number of rotatable bonds is 9. The lowest BCUT2D eigenvalue weighted by Gasteiger charge is -2.41. The molecule has 3 aliphatic carbocycles. The maximum absolute atomic E-state index is 14.5. The largest absolute Gasteiger partial charge is 0.368 e. The van der Waals surface area contributed by atoms with Crippen LogP contribution < -0.4 is 15.5 Å². The first kappa shape index (κ1) is 24.8. The molecule has 0 spiro atoms. The summed E-state index contributed by atoms with van der Waals surface area (Å²) in [6.45, 7) is 1.87. The molecule has 6 rings (SSSR count). The second kappa shape index (κ2) is 10.0. The Morgan fingerprint density at radius 1 is 1.05 bits per heavy atom. The molecule has 1 aromatic rings. The Bertz CT molecular complexity index is 1060. The van der Waals surface area contributed by atoms with Crippen molar-refractivity contribution >= 4 is 23.4 Å². The van der Waals surface area contributed by atoms with Gasteiger partial charge in [0.15, 0.2) is 0 Å². The molecule has 7 nitrogen and oxygen atoms in total. The van der Waals surface area contributed by atoms with Crippen molar-refractivity contribution in [3.8, 4) is 0 Å². The molecular weight excluding hydrogens is 471 g/mol. The molecule has 37 heavy (non-hydrogen) atoms.